The van der Waals surface area contributed by atoms with E-state index in [-0.39, 0.29) is 16.5 Å². The van der Waals surface area contributed by atoms with Gasteiger partial charge in [-0.15, -0.1) is 11.3 Å². The Morgan fingerprint density at radius 1 is 1.25 bits per heavy atom. The third-order valence-corrected chi connectivity index (χ3v) is 5.89. The lowest BCUT2D eigenvalue weighted by atomic mass is 9.98. The zero-order chi connectivity index (χ0) is 19.8. The minimum atomic E-state index is -0.226. The molecule has 1 N–H and O–H groups in total. The van der Waals surface area contributed by atoms with Gasteiger partial charge in [0.2, 0.25) is 0 Å². The molecule has 0 saturated carbocycles. The summed E-state index contributed by atoms with van der Waals surface area (Å²) in [4.78, 5) is 4.65. The first-order valence-electron chi connectivity index (χ1n) is 8.47. The molecule has 7 heteroatoms. The monoisotopic (exact) mass is 406 g/mol. The highest BCUT2D eigenvalue weighted by Gasteiger charge is 2.20. The second kappa shape index (κ2) is 7.12. The largest absolute Gasteiger partial charge is 0.506 e. The summed E-state index contributed by atoms with van der Waals surface area (Å²) in [5.41, 5.74) is 3.27. The van der Waals surface area contributed by atoms with Crippen LogP contribution in [0.15, 0.2) is 48.0 Å². The number of nitrogens with zero attached hydrogens (tertiary/aromatic N) is 4. The summed E-state index contributed by atoms with van der Waals surface area (Å²) in [6, 6.07) is 14.3. The summed E-state index contributed by atoms with van der Waals surface area (Å²) < 4.78 is 1.43. The molecule has 0 saturated heterocycles. The molecule has 0 aliphatic rings. The molecular weight excluding hydrogens is 392 g/mol. The van der Waals surface area contributed by atoms with Crippen LogP contribution in [-0.4, -0.2) is 19.9 Å². The molecule has 0 radical (unpaired) electrons. The number of allylic oxidation sites excluding steroid dienone is 1. The molecule has 2 aromatic heterocycles. The van der Waals surface area contributed by atoms with Gasteiger partial charge in [0.05, 0.1) is 17.5 Å². The smallest absolute Gasteiger partial charge is 0.148 e. The first kappa shape index (κ1) is 18.2. The molecule has 2 heterocycles. The Kier molecular flexibility index (Phi) is 4.63. The van der Waals surface area contributed by atoms with Gasteiger partial charge in [-0.3, -0.25) is 4.68 Å². The van der Waals surface area contributed by atoms with E-state index in [9.17, 15) is 10.4 Å². The lowest BCUT2D eigenvalue weighted by molar-refractivity contribution is 0.514. The van der Waals surface area contributed by atoms with Gasteiger partial charge in [-0.2, -0.15) is 10.4 Å². The fourth-order valence-corrected chi connectivity index (χ4v) is 4.13. The van der Waals surface area contributed by atoms with Gasteiger partial charge in [0.15, 0.2) is 0 Å². The molecule has 2 aromatic carbocycles. The molecule has 0 atom stereocenters. The summed E-state index contributed by atoms with van der Waals surface area (Å²) in [5, 5.41) is 29.1. The number of aliphatic hydroxyl groups is 1. The van der Waals surface area contributed by atoms with Crippen LogP contribution in [-0.2, 0) is 7.05 Å². The summed E-state index contributed by atoms with van der Waals surface area (Å²) in [5.74, 6) is -0.226. The highest BCUT2D eigenvalue weighted by Crippen LogP contribution is 2.36. The lowest BCUT2D eigenvalue weighted by Gasteiger charge is -2.08. The Morgan fingerprint density at radius 2 is 2.04 bits per heavy atom. The van der Waals surface area contributed by atoms with Crippen LogP contribution in [0.25, 0.3) is 33.4 Å². The van der Waals surface area contributed by atoms with Gasteiger partial charge in [0, 0.05) is 18.0 Å². The van der Waals surface area contributed by atoms with E-state index in [1.54, 1.807) is 7.05 Å². The Hall–Kier alpha value is -3.14. The van der Waals surface area contributed by atoms with E-state index in [0.717, 1.165) is 27.6 Å². The Balaban J connectivity index is 1.86. The van der Waals surface area contributed by atoms with Crippen LogP contribution in [0.1, 0.15) is 16.1 Å². The summed E-state index contributed by atoms with van der Waals surface area (Å²) in [7, 11) is 1.66. The van der Waals surface area contributed by atoms with Crippen LogP contribution in [0.3, 0.4) is 0 Å². The number of fused-ring (bicyclic) bond motifs is 1. The second-order valence-electron chi connectivity index (χ2n) is 6.32. The molecule has 0 amide bonds. The van der Waals surface area contributed by atoms with Crippen LogP contribution in [0.2, 0.25) is 5.15 Å². The maximum atomic E-state index is 10.6. The van der Waals surface area contributed by atoms with Crippen molar-refractivity contribution < 1.29 is 5.11 Å². The van der Waals surface area contributed by atoms with Crippen LogP contribution in [0.5, 0.6) is 0 Å². The van der Waals surface area contributed by atoms with Gasteiger partial charge >= 0.3 is 0 Å². The molecule has 0 unspecified atom stereocenters. The summed E-state index contributed by atoms with van der Waals surface area (Å²) >= 11 is 7.47. The Bertz CT molecular complexity index is 1280. The highest BCUT2D eigenvalue weighted by molar-refractivity contribution is 7.11. The number of hydrogen-bond acceptors (Lipinski definition) is 5. The quantitative estimate of drug-likeness (QED) is 0.354. The molecule has 0 aliphatic carbocycles. The van der Waals surface area contributed by atoms with Crippen molar-refractivity contribution in [1.29, 1.82) is 5.26 Å². The molecule has 0 fully saturated rings. The average Bonchev–Trinajstić information content (AvgIpc) is 3.30. The van der Waals surface area contributed by atoms with Crippen LogP contribution in [0, 0.1) is 18.3 Å². The van der Waals surface area contributed by atoms with Crippen molar-refractivity contribution in [1.82, 2.24) is 14.8 Å². The van der Waals surface area contributed by atoms with E-state index >= 15 is 0 Å². The number of hydrogen-bond donors (Lipinski definition) is 1. The number of benzene rings is 2. The first-order chi connectivity index (χ1) is 13.5. The first-order valence-corrected chi connectivity index (χ1v) is 9.73. The number of aryl methyl sites for hydroxylation is 2. The van der Waals surface area contributed by atoms with Crippen molar-refractivity contribution in [2.24, 2.45) is 7.05 Å². The second-order valence-corrected chi connectivity index (χ2v) is 7.54. The molecular formula is C21H15ClN4OS. The summed E-state index contributed by atoms with van der Waals surface area (Å²) in [6.07, 6.45) is 1.43. The molecule has 0 aliphatic heterocycles. The Labute approximate surface area is 170 Å². The van der Waals surface area contributed by atoms with Gasteiger partial charge in [0.25, 0.3) is 0 Å². The maximum absolute atomic E-state index is 10.6. The van der Waals surface area contributed by atoms with Crippen LogP contribution >= 0.6 is 22.9 Å². The van der Waals surface area contributed by atoms with E-state index < -0.39 is 0 Å². The van der Waals surface area contributed by atoms with Crippen LogP contribution in [0.4, 0.5) is 0 Å². The molecule has 138 valence electrons. The average molecular weight is 407 g/mol. The molecule has 5 nitrogen and oxygen atoms in total. The zero-order valence-corrected chi connectivity index (χ0v) is 16.7. The number of halogens is 1. The number of aliphatic hydroxyl groups excluding tert-OH is 1. The normalized spacial score (nSPS) is 12.1. The van der Waals surface area contributed by atoms with E-state index in [2.05, 4.69) is 40.4 Å². The molecule has 4 aromatic rings. The molecule has 0 spiro atoms. The number of nitriles is 1. The van der Waals surface area contributed by atoms with E-state index in [4.69, 9.17) is 11.6 Å². The molecule has 28 heavy (non-hydrogen) atoms. The summed E-state index contributed by atoms with van der Waals surface area (Å²) in [6.45, 7) is 2.04. The van der Waals surface area contributed by atoms with Crippen molar-refractivity contribution in [3.63, 3.8) is 0 Å². The van der Waals surface area contributed by atoms with Gasteiger partial charge < -0.3 is 5.11 Å². The fraction of sp³-hybridized carbons (Fsp3) is 0.0952. The number of thiazole rings is 1. The maximum Gasteiger partial charge on any atom is 0.148 e. The third kappa shape index (κ3) is 2.95. The SMILES string of the molecule is Cc1ccc2ccccc2c1-c1csc(/C(C#N)=C(\O)c2cnn(C)c2Cl)n1. The van der Waals surface area contributed by atoms with Gasteiger partial charge in [-0.25, -0.2) is 4.98 Å². The molecule has 4 rings (SSSR count). The van der Waals surface area contributed by atoms with Crippen LogP contribution < -0.4 is 0 Å². The van der Waals surface area contributed by atoms with Crippen molar-refractivity contribution in [3.05, 3.63) is 69.3 Å². The fourth-order valence-electron chi connectivity index (χ4n) is 3.14. The van der Waals surface area contributed by atoms with Gasteiger partial charge in [-0.05, 0) is 23.3 Å². The topological polar surface area (TPSA) is 74.7 Å². The van der Waals surface area contributed by atoms with E-state index in [1.165, 1.54) is 22.2 Å². The standard InChI is InChI=1S/C21H15ClN4OS/c1-12-7-8-13-5-3-4-6-14(13)18(12)17-11-28-21(25-17)15(9-23)19(27)16-10-24-26(2)20(16)22/h3-8,10-11,27H,1-2H3/b19-15-. The third-order valence-electron chi connectivity index (χ3n) is 4.58. The van der Waals surface area contributed by atoms with Gasteiger partial charge in [-0.1, -0.05) is 48.0 Å². The number of aromatic nitrogens is 3. The van der Waals surface area contributed by atoms with Crippen molar-refractivity contribution in [2.45, 2.75) is 6.92 Å². The zero-order valence-electron chi connectivity index (χ0n) is 15.1. The predicted octanol–water partition coefficient (Wildman–Crippen LogP) is 5.61. The Morgan fingerprint density at radius 3 is 2.75 bits per heavy atom. The molecule has 0 bridgehead atoms. The lowest BCUT2D eigenvalue weighted by Crippen LogP contribution is -1.92. The van der Waals surface area contributed by atoms with E-state index in [1.807, 2.05) is 24.4 Å². The minimum absolute atomic E-state index is 0.0732. The minimum Gasteiger partial charge on any atom is -0.506 e. The van der Waals surface area contributed by atoms with Gasteiger partial charge in [0.1, 0.15) is 27.6 Å². The van der Waals surface area contributed by atoms with Crippen molar-refractivity contribution in [2.75, 3.05) is 0 Å². The van der Waals surface area contributed by atoms with Crippen molar-refractivity contribution in [3.8, 4) is 17.3 Å². The van der Waals surface area contributed by atoms with E-state index in [0.29, 0.717) is 10.6 Å². The van der Waals surface area contributed by atoms with Crippen molar-refractivity contribution >= 4 is 45.0 Å². The predicted molar refractivity (Wildman–Crippen MR) is 113 cm³/mol. The highest BCUT2D eigenvalue weighted by atomic mass is 35.5. The number of rotatable bonds is 3.